The molecule has 17 heteroatoms. The number of aromatic nitrogens is 3. The summed E-state index contributed by atoms with van der Waals surface area (Å²) in [6.45, 7) is 17.6. The topological polar surface area (TPSA) is 186 Å². The Hall–Kier alpha value is -3.74. The Bertz CT molecular complexity index is 1960. The number of esters is 1. The van der Waals surface area contributed by atoms with E-state index in [1.807, 2.05) is 90.3 Å². The van der Waals surface area contributed by atoms with Crippen molar-refractivity contribution in [1.82, 2.24) is 24.8 Å². The first kappa shape index (κ1) is 45.3. The van der Waals surface area contributed by atoms with Gasteiger partial charge in [0.05, 0.1) is 66.9 Å². The van der Waals surface area contributed by atoms with Gasteiger partial charge < -0.3 is 43.3 Å². The van der Waals surface area contributed by atoms with E-state index in [4.69, 9.17) is 38.4 Å². The van der Waals surface area contributed by atoms with Gasteiger partial charge in [0.25, 0.3) is 0 Å². The zero-order valence-electron chi connectivity index (χ0n) is 37.6. The van der Waals surface area contributed by atoms with E-state index >= 15 is 0 Å². The minimum atomic E-state index is -1.40. The van der Waals surface area contributed by atoms with E-state index in [2.05, 4.69) is 10.3 Å². The van der Waals surface area contributed by atoms with Crippen molar-refractivity contribution in [2.24, 2.45) is 34.7 Å². The number of fused-ring (bicyclic) bond motifs is 6. The standard InChI is InChI=1S/C44H66N6O11/c1-12-33-44(9)38-25(5)35(51)23(3)18-43(8)39(60-41-36(52)32(48(10)11)17-24(4)58-41)26(6)37(27(7)40(53)59-33)55-20-29(21-56-43)30(19-49(38)42(54)61-44)46-57-22-28-15-14-16-31-34(28)45-47-50(31)13-2/h14-16,23-27,29,32-33,36-39,41,52H,12-13,17-22H2,1-11H3/b46-30-/t23-,24-,25+,26+,27-,29?,32+,33-,36-,37+,38+,39-,41+,43?,44?/m1/s1. The molecule has 61 heavy (non-hydrogen) atoms. The fourth-order valence-corrected chi connectivity index (χ4v) is 10.8. The van der Waals surface area contributed by atoms with Crippen LogP contribution in [0.15, 0.2) is 23.4 Å². The maximum Gasteiger partial charge on any atom is 0.411 e. The molecule has 6 bridgehead atoms. The molecule has 0 radical (unpaired) electrons. The van der Waals surface area contributed by atoms with Gasteiger partial charge in [0.15, 0.2) is 11.9 Å². The van der Waals surface area contributed by atoms with Crippen LogP contribution in [0.25, 0.3) is 11.0 Å². The first-order valence-corrected chi connectivity index (χ1v) is 22.1. The molecule has 5 saturated heterocycles. The molecule has 5 aliphatic rings. The second-order valence-corrected chi connectivity index (χ2v) is 18.7. The molecule has 7 rings (SSSR count). The first-order valence-electron chi connectivity index (χ1n) is 22.1. The highest BCUT2D eigenvalue weighted by Gasteiger charge is 2.61. The van der Waals surface area contributed by atoms with Crippen LogP contribution in [0.2, 0.25) is 0 Å². The highest BCUT2D eigenvalue weighted by Crippen LogP contribution is 2.45. The van der Waals surface area contributed by atoms with E-state index < -0.39 is 89.6 Å². The number of hydrogen-bond donors (Lipinski definition) is 1. The number of nitrogens with zero attached hydrogens (tertiary/aromatic N) is 6. The Balaban J connectivity index is 1.37. The van der Waals surface area contributed by atoms with Crippen molar-refractivity contribution in [2.75, 3.05) is 33.9 Å². The highest BCUT2D eigenvalue weighted by atomic mass is 16.7. The summed E-state index contributed by atoms with van der Waals surface area (Å²) < 4.78 is 41.7. The van der Waals surface area contributed by atoms with Crippen LogP contribution in [-0.2, 0) is 56.0 Å². The van der Waals surface area contributed by atoms with Crippen molar-refractivity contribution >= 4 is 34.6 Å². The summed E-state index contributed by atoms with van der Waals surface area (Å²) in [7, 11) is 3.83. The SMILES string of the molecule is CC[C@H]1OC(=O)[C@H](C)[C@H]2OCC3COC(C)(C[C@@H](C)C(=O)[C@H](C)[C@@H]4N(C/C3=N/OCc3cccc5c3nnn5CC)C(=O)OC41C)[C@H](O[C@@H]1O[C@H](C)C[C@H](N(C)C)[C@H]1O)[C@H]2C. The second kappa shape index (κ2) is 17.8. The van der Waals surface area contributed by atoms with Gasteiger partial charge in [-0.1, -0.05) is 50.2 Å². The molecule has 5 fully saturated rings. The molecule has 0 saturated carbocycles. The number of cyclic esters (lactones) is 1. The molecule has 1 aromatic carbocycles. The summed E-state index contributed by atoms with van der Waals surface area (Å²) in [5, 5.41) is 25.2. The lowest BCUT2D eigenvalue weighted by molar-refractivity contribution is -0.302. The minimum absolute atomic E-state index is 0.0287. The van der Waals surface area contributed by atoms with Crippen molar-refractivity contribution in [2.45, 2.75) is 155 Å². The number of ether oxygens (including phenoxy) is 6. The van der Waals surface area contributed by atoms with Gasteiger partial charge in [-0.2, -0.15) is 0 Å². The third-order valence-electron chi connectivity index (χ3n) is 14.1. The lowest BCUT2D eigenvalue weighted by atomic mass is 9.73. The average molecular weight is 855 g/mol. The van der Waals surface area contributed by atoms with Crippen molar-refractivity contribution in [3.8, 4) is 0 Å². The van der Waals surface area contributed by atoms with Crippen molar-refractivity contribution in [3.63, 3.8) is 0 Å². The number of benzene rings is 1. The molecule has 338 valence electrons. The van der Waals surface area contributed by atoms with Gasteiger partial charge in [-0.25, -0.2) is 9.48 Å². The summed E-state index contributed by atoms with van der Waals surface area (Å²) in [6, 6.07) is 4.67. The number of likely N-dealkylation sites (N-methyl/N-ethyl adjacent to an activating group) is 1. The normalized spacial score (nSPS) is 40.7. The van der Waals surface area contributed by atoms with Gasteiger partial charge >= 0.3 is 12.1 Å². The number of aliphatic hydroxyl groups is 1. The minimum Gasteiger partial charge on any atom is -0.458 e. The van der Waals surface area contributed by atoms with Crippen LogP contribution < -0.4 is 0 Å². The summed E-state index contributed by atoms with van der Waals surface area (Å²) in [4.78, 5) is 53.3. The third kappa shape index (κ3) is 8.42. The van der Waals surface area contributed by atoms with E-state index in [0.717, 1.165) is 11.1 Å². The average Bonchev–Trinajstić information content (AvgIpc) is 3.77. The van der Waals surface area contributed by atoms with Crippen LogP contribution in [0.3, 0.4) is 0 Å². The Morgan fingerprint density at radius 2 is 1.80 bits per heavy atom. The zero-order chi connectivity index (χ0) is 44.1. The van der Waals surface area contributed by atoms with Crippen LogP contribution in [0.1, 0.15) is 87.1 Å². The van der Waals surface area contributed by atoms with Gasteiger partial charge in [-0.3, -0.25) is 14.5 Å². The van der Waals surface area contributed by atoms with Gasteiger partial charge in [-0.05, 0) is 74.0 Å². The van der Waals surface area contributed by atoms with Crippen molar-refractivity contribution in [1.29, 1.82) is 0 Å². The number of carbonyl (C=O) groups is 3. The van der Waals surface area contributed by atoms with Gasteiger partial charge in [0.2, 0.25) is 0 Å². The predicted molar refractivity (Wildman–Crippen MR) is 222 cm³/mol. The lowest BCUT2D eigenvalue weighted by Crippen LogP contribution is -2.61. The smallest absolute Gasteiger partial charge is 0.411 e. The van der Waals surface area contributed by atoms with Crippen LogP contribution >= 0.6 is 0 Å². The molecule has 2 aromatic rings. The molecular weight excluding hydrogens is 789 g/mol. The predicted octanol–water partition coefficient (Wildman–Crippen LogP) is 4.36. The van der Waals surface area contributed by atoms with Gasteiger partial charge in [0.1, 0.15) is 30.1 Å². The zero-order valence-corrected chi connectivity index (χ0v) is 37.6. The summed E-state index contributed by atoms with van der Waals surface area (Å²) in [5.41, 5.74) is 0.159. The Morgan fingerprint density at radius 3 is 2.51 bits per heavy atom. The number of carbonyl (C=O) groups excluding carboxylic acids is 3. The van der Waals surface area contributed by atoms with E-state index in [1.54, 1.807) is 13.8 Å². The fraction of sp³-hybridized carbons (Fsp3) is 0.773. The first-order chi connectivity index (χ1) is 28.9. The summed E-state index contributed by atoms with van der Waals surface area (Å²) >= 11 is 0. The Morgan fingerprint density at radius 1 is 1.05 bits per heavy atom. The van der Waals surface area contributed by atoms with E-state index in [1.165, 1.54) is 4.90 Å². The molecule has 15 atom stereocenters. The maximum absolute atomic E-state index is 14.9. The number of ketones is 1. The van der Waals surface area contributed by atoms with Crippen molar-refractivity contribution < 1.29 is 52.7 Å². The van der Waals surface area contributed by atoms with E-state index in [0.29, 0.717) is 30.6 Å². The molecule has 1 N–H and O–H groups in total. The third-order valence-corrected chi connectivity index (χ3v) is 14.1. The van der Waals surface area contributed by atoms with Crippen LogP contribution in [0.4, 0.5) is 4.79 Å². The molecular formula is C44H66N6O11. The molecule has 1 amide bonds. The number of hydrogen-bond acceptors (Lipinski definition) is 15. The van der Waals surface area contributed by atoms with E-state index in [9.17, 15) is 19.5 Å². The number of amides is 1. The lowest BCUT2D eigenvalue weighted by Gasteiger charge is -2.48. The van der Waals surface area contributed by atoms with Crippen LogP contribution in [0.5, 0.6) is 0 Å². The molecule has 0 spiro atoms. The molecule has 1 aromatic heterocycles. The fourth-order valence-electron chi connectivity index (χ4n) is 10.8. The number of oxime groups is 1. The molecule has 5 aliphatic heterocycles. The summed E-state index contributed by atoms with van der Waals surface area (Å²) in [5.74, 6) is -4.04. The highest BCUT2D eigenvalue weighted by molar-refractivity contribution is 5.92. The Kier molecular flexibility index (Phi) is 13.2. The van der Waals surface area contributed by atoms with E-state index in [-0.39, 0.29) is 50.7 Å². The summed E-state index contributed by atoms with van der Waals surface area (Å²) in [6.07, 6.45) is -4.40. The molecule has 3 unspecified atom stereocenters. The number of Topliss-reactive ketones (excluding diaryl/α,β-unsaturated/α-hetero) is 1. The Labute approximate surface area is 358 Å². The maximum atomic E-state index is 14.9. The van der Waals surface area contributed by atoms with Crippen molar-refractivity contribution in [3.05, 3.63) is 23.8 Å². The van der Waals surface area contributed by atoms with Gasteiger partial charge in [0, 0.05) is 41.8 Å². The monoisotopic (exact) mass is 854 g/mol. The van der Waals surface area contributed by atoms with Crippen LogP contribution in [0, 0.1) is 29.6 Å². The second-order valence-electron chi connectivity index (χ2n) is 18.7. The largest absolute Gasteiger partial charge is 0.458 e. The molecule has 17 nitrogen and oxygen atoms in total. The van der Waals surface area contributed by atoms with Gasteiger partial charge in [-0.15, -0.1) is 5.10 Å². The number of aliphatic hydroxyl groups excluding tert-OH is 1. The molecule has 0 aliphatic carbocycles. The number of rotatable bonds is 8. The number of aryl methyl sites for hydroxylation is 1. The quantitative estimate of drug-likeness (QED) is 0.292. The van der Waals surface area contributed by atoms with Crippen LogP contribution in [-0.4, -0.2) is 147 Å². The molecule has 6 heterocycles.